The van der Waals surface area contributed by atoms with E-state index < -0.39 is 6.04 Å². The smallest absolute Gasteiger partial charge is 0.315 e. The molecule has 6 nitrogen and oxygen atoms in total. The molecule has 4 aromatic rings. The lowest BCUT2D eigenvalue weighted by molar-refractivity contribution is -0.143. The fourth-order valence-electron chi connectivity index (χ4n) is 4.28. The molecule has 1 atom stereocenters. The molecule has 7 heteroatoms. The number of aromatic nitrogens is 1. The molecule has 176 valence electrons. The van der Waals surface area contributed by atoms with Crippen LogP contribution in [-0.4, -0.2) is 23.2 Å². The molecule has 1 unspecified atom stereocenters. The van der Waals surface area contributed by atoms with Crippen molar-refractivity contribution in [2.45, 2.75) is 39.4 Å². The molecule has 0 fully saturated rings. The van der Waals surface area contributed by atoms with Crippen LogP contribution in [0.25, 0.3) is 21.5 Å². The van der Waals surface area contributed by atoms with Gasteiger partial charge in [0.2, 0.25) is 0 Å². The van der Waals surface area contributed by atoms with Gasteiger partial charge in [-0.25, -0.2) is 4.79 Å². The number of fused-ring (bicyclic) bond motifs is 1. The van der Waals surface area contributed by atoms with Crippen molar-refractivity contribution in [3.05, 3.63) is 83.2 Å². The molecule has 0 saturated carbocycles. The van der Waals surface area contributed by atoms with Crippen LogP contribution in [-0.2, 0) is 22.6 Å². The largest absolute Gasteiger partial charge is 0.466 e. The Morgan fingerprint density at radius 3 is 2.47 bits per heavy atom. The summed E-state index contributed by atoms with van der Waals surface area (Å²) in [7, 11) is 0. The molecule has 2 aromatic carbocycles. The maximum absolute atomic E-state index is 13.0. The Hall–Kier alpha value is -3.58. The first kappa shape index (κ1) is 23.6. The molecular formula is C27H29N3O3S. The highest BCUT2D eigenvalue weighted by molar-refractivity contribution is 7.13. The van der Waals surface area contributed by atoms with Crippen molar-refractivity contribution in [3.8, 4) is 10.6 Å². The van der Waals surface area contributed by atoms with E-state index >= 15 is 0 Å². The van der Waals surface area contributed by atoms with Crippen LogP contribution in [0.15, 0.2) is 72.1 Å². The van der Waals surface area contributed by atoms with Crippen molar-refractivity contribution in [1.82, 2.24) is 15.2 Å². The average molecular weight is 476 g/mol. The summed E-state index contributed by atoms with van der Waals surface area (Å²) in [6, 6.07) is 21.1. The van der Waals surface area contributed by atoms with Gasteiger partial charge in [-0.15, -0.1) is 11.3 Å². The third-order valence-corrected chi connectivity index (χ3v) is 6.63. The lowest BCUT2D eigenvalue weighted by Gasteiger charge is -2.19. The number of thiophene rings is 1. The van der Waals surface area contributed by atoms with Crippen molar-refractivity contribution in [1.29, 1.82) is 0 Å². The van der Waals surface area contributed by atoms with Crippen LogP contribution in [0.4, 0.5) is 4.79 Å². The summed E-state index contributed by atoms with van der Waals surface area (Å²) in [5, 5.41) is 9.18. The minimum Gasteiger partial charge on any atom is -0.466 e. The summed E-state index contributed by atoms with van der Waals surface area (Å²) in [4.78, 5) is 26.3. The van der Waals surface area contributed by atoms with Gasteiger partial charge >= 0.3 is 12.0 Å². The van der Waals surface area contributed by atoms with Gasteiger partial charge in [-0.1, -0.05) is 54.6 Å². The Bertz CT molecular complexity index is 1250. The Morgan fingerprint density at radius 1 is 1.00 bits per heavy atom. The van der Waals surface area contributed by atoms with Gasteiger partial charge in [0, 0.05) is 29.6 Å². The molecule has 0 radical (unpaired) electrons. The quantitative estimate of drug-likeness (QED) is 0.297. The van der Waals surface area contributed by atoms with Gasteiger partial charge in [0.15, 0.2) is 0 Å². The van der Waals surface area contributed by atoms with Crippen LogP contribution in [0.1, 0.15) is 37.4 Å². The molecule has 4 rings (SSSR count). The second-order valence-corrected chi connectivity index (χ2v) is 8.81. The molecule has 0 aliphatic carbocycles. The van der Waals surface area contributed by atoms with Gasteiger partial charge in [0.1, 0.15) is 0 Å². The van der Waals surface area contributed by atoms with Crippen molar-refractivity contribution in [2.75, 3.05) is 6.61 Å². The van der Waals surface area contributed by atoms with Crippen molar-refractivity contribution >= 4 is 34.2 Å². The second kappa shape index (κ2) is 11.0. The summed E-state index contributed by atoms with van der Waals surface area (Å²) >= 11 is 1.69. The highest BCUT2D eigenvalue weighted by atomic mass is 32.1. The summed E-state index contributed by atoms with van der Waals surface area (Å²) in [6.07, 6.45) is 0.0703. The van der Waals surface area contributed by atoms with E-state index in [2.05, 4.69) is 45.7 Å². The number of esters is 1. The lowest BCUT2D eigenvalue weighted by atomic mass is 10.0. The molecule has 2 aromatic heterocycles. The van der Waals surface area contributed by atoms with Crippen molar-refractivity contribution in [2.24, 2.45) is 0 Å². The third-order valence-electron chi connectivity index (χ3n) is 5.76. The molecule has 0 saturated heterocycles. The third kappa shape index (κ3) is 5.15. The van der Waals surface area contributed by atoms with Crippen molar-refractivity contribution in [3.63, 3.8) is 0 Å². The Balaban J connectivity index is 1.57. The number of ether oxygens (including phenoxy) is 1. The summed E-state index contributed by atoms with van der Waals surface area (Å²) in [6.45, 7) is 5.41. The summed E-state index contributed by atoms with van der Waals surface area (Å²) < 4.78 is 7.41. The molecule has 0 spiro atoms. The number of hydrogen-bond donors (Lipinski definition) is 2. The SMILES string of the molecule is CCOC(=O)CC(NC(=O)NCc1c(-c2cccs2)n(CC)c2ccccc12)c1ccccc1. The number of carbonyl (C=O) groups is 2. The van der Waals surface area contributed by atoms with Crippen LogP contribution in [0.2, 0.25) is 0 Å². The minimum absolute atomic E-state index is 0.0703. The lowest BCUT2D eigenvalue weighted by Crippen LogP contribution is -2.38. The molecule has 0 bridgehead atoms. The van der Waals surface area contributed by atoms with Crippen LogP contribution < -0.4 is 10.6 Å². The van der Waals surface area contributed by atoms with E-state index in [0.29, 0.717) is 13.2 Å². The van der Waals surface area contributed by atoms with Crippen LogP contribution in [0, 0.1) is 0 Å². The van der Waals surface area contributed by atoms with Gasteiger partial charge in [-0.05, 0) is 36.9 Å². The molecule has 2 amide bonds. The first-order valence-corrected chi connectivity index (χ1v) is 12.4. The van der Waals surface area contributed by atoms with E-state index in [0.717, 1.165) is 34.3 Å². The number of nitrogens with one attached hydrogen (secondary N) is 2. The highest BCUT2D eigenvalue weighted by Gasteiger charge is 2.21. The zero-order valence-corrected chi connectivity index (χ0v) is 20.2. The molecule has 0 aliphatic heterocycles. The van der Waals surface area contributed by atoms with Gasteiger partial charge < -0.3 is 19.9 Å². The Kier molecular flexibility index (Phi) is 7.65. The number of hydrogen-bond acceptors (Lipinski definition) is 4. The number of aryl methyl sites for hydroxylation is 1. The number of para-hydroxylation sites is 1. The maximum Gasteiger partial charge on any atom is 0.315 e. The fraction of sp³-hybridized carbons (Fsp3) is 0.259. The van der Waals surface area contributed by atoms with Gasteiger partial charge in [0.25, 0.3) is 0 Å². The fourth-order valence-corrected chi connectivity index (χ4v) is 5.09. The monoisotopic (exact) mass is 475 g/mol. The zero-order chi connectivity index (χ0) is 23.9. The molecular weight excluding hydrogens is 446 g/mol. The number of urea groups is 1. The zero-order valence-electron chi connectivity index (χ0n) is 19.4. The van der Waals surface area contributed by atoms with E-state index in [-0.39, 0.29) is 18.4 Å². The van der Waals surface area contributed by atoms with Gasteiger partial charge in [-0.2, -0.15) is 0 Å². The molecule has 0 aliphatic rings. The van der Waals surface area contributed by atoms with Gasteiger partial charge in [0.05, 0.1) is 29.6 Å². The predicted octanol–water partition coefficient (Wildman–Crippen LogP) is 5.88. The van der Waals surface area contributed by atoms with Crippen LogP contribution in [0.3, 0.4) is 0 Å². The van der Waals surface area contributed by atoms with E-state index in [4.69, 9.17) is 4.74 Å². The van der Waals surface area contributed by atoms with E-state index in [1.807, 2.05) is 48.5 Å². The van der Waals surface area contributed by atoms with E-state index in [1.165, 1.54) is 4.88 Å². The standard InChI is InChI=1S/C27H29N3O3S/c1-3-30-23-14-9-8-13-20(23)21(26(30)24-15-10-16-34-24)18-28-27(32)29-22(17-25(31)33-4-2)19-11-6-5-7-12-19/h5-16,22H,3-4,17-18H2,1-2H3,(H2,28,29,32). The molecule has 2 N–H and O–H groups in total. The first-order chi connectivity index (χ1) is 16.6. The average Bonchev–Trinajstić information content (AvgIpc) is 3.49. The number of amides is 2. The minimum atomic E-state index is -0.478. The molecule has 34 heavy (non-hydrogen) atoms. The number of nitrogens with zero attached hydrogens (tertiary/aromatic N) is 1. The predicted molar refractivity (Wildman–Crippen MR) is 137 cm³/mol. The maximum atomic E-state index is 13.0. The van der Waals surface area contributed by atoms with Crippen molar-refractivity contribution < 1.29 is 14.3 Å². The Morgan fingerprint density at radius 2 is 1.76 bits per heavy atom. The first-order valence-electron chi connectivity index (χ1n) is 11.5. The topological polar surface area (TPSA) is 72.4 Å². The normalized spacial score (nSPS) is 11.8. The van der Waals surface area contributed by atoms with Crippen LogP contribution >= 0.6 is 11.3 Å². The van der Waals surface area contributed by atoms with Gasteiger partial charge in [-0.3, -0.25) is 4.79 Å². The number of benzene rings is 2. The van der Waals surface area contributed by atoms with Crippen LogP contribution in [0.5, 0.6) is 0 Å². The summed E-state index contributed by atoms with van der Waals surface area (Å²) in [5.74, 6) is -0.345. The molecule has 2 heterocycles. The number of rotatable bonds is 9. The number of carbonyl (C=O) groups excluding carboxylic acids is 2. The summed E-state index contributed by atoms with van der Waals surface area (Å²) in [5.41, 5.74) is 4.21. The van der Waals surface area contributed by atoms with E-state index in [1.54, 1.807) is 18.3 Å². The highest BCUT2D eigenvalue weighted by Crippen LogP contribution is 2.36. The second-order valence-electron chi connectivity index (χ2n) is 7.87. The Labute approximate surface area is 203 Å². The van der Waals surface area contributed by atoms with E-state index in [9.17, 15) is 9.59 Å².